The van der Waals surface area contributed by atoms with E-state index < -0.39 is 0 Å². The zero-order chi connectivity index (χ0) is 10.1. The summed E-state index contributed by atoms with van der Waals surface area (Å²) in [5, 5.41) is 3.26. The molecule has 0 aliphatic carbocycles. The summed E-state index contributed by atoms with van der Waals surface area (Å²) in [4.78, 5) is 10.5. The number of ketones is 1. The van der Waals surface area contributed by atoms with Gasteiger partial charge in [-0.1, -0.05) is 13.8 Å². The fourth-order valence-electron chi connectivity index (χ4n) is 0.853. The fourth-order valence-corrected chi connectivity index (χ4v) is 0.853. The molecule has 0 aromatic heterocycles. The quantitative estimate of drug-likeness (QED) is 0.581. The van der Waals surface area contributed by atoms with E-state index in [9.17, 15) is 4.79 Å². The first kappa shape index (κ1) is 12.6. The molecule has 0 aromatic carbocycles. The lowest BCUT2D eigenvalue weighted by atomic mass is 10.2. The van der Waals surface area contributed by atoms with Crippen molar-refractivity contribution in [3.63, 3.8) is 0 Å². The molecule has 0 spiro atoms. The van der Waals surface area contributed by atoms with Crippen LogP contribution in [0.1, 0.15) is 27.2 Å². The molecule has 0 saturated heterocycles. The van der Waals surface area contributed by atoms with Gasteiger partial charge in [0.1, 0.15) is 5.78 Å². The Morgan fingerprint density at radius 2 is 2.08 bits per heavy atom. The minimum atomic E-state index is 0.190. The van der Waals surface area contributed by atoms with E-state index in [0.717, 1.165) is 13.1 Å². The van der Waals surface area contributed by atoms with Crippen LogP contribution in [0.5, 0.6) is 0 Å². The summed E-state index contributed by atoms with van der Waals surface area (Å²) in [6, 6.07) is 0. The third-order valence-electron chi connectivity index (χ3n) is 1.57. The average Bonchev–Trinajstić information content (AvgIpc) is 2.01. The van der Waals surface area contributed by atoms with Gasteiger partial charge in [0.15, 0.2) is 0 Å². The maximum atomic E-state index is 10.5. The Balaban J connectivity index is 2.96. The summed E-state index contributed by atoms with van der Waals surface area (Å²) in [5.74, 6) is 0.868. The highest BCUT2D eigenvalue weighted by Crippen LogP contribution is 1.87. The van der Waals surface area contributed by atoms with Crippen molar-refractivity contribution in [1.29, 1.82) is 0 Å². The van der Waals surface area contributed by atoms with Crippen LogP contribution in [0.4, 0.5) is 0 Å². The fraction of sp³-hybridized carbons (Fsp3) is 0.900. The largest absolute Gasteiger partial charge is 0.380 e. The van der Waals surface area contributed by atoms with E-state index in [1.165, 1.54) is 0 Å². The zero-order valence-electron chi connectivity index (χ0n) is 8.93. The van der Waals surface area contributed by atoms with Gasteiger partial charge in [0.05, 0.1) is 13.2 Å². The Morgan fingerprint density at radius 1 is 1.38 bits per heavy atom. The molecule has 0 amide bonds. The van der Waals surface area contributed by atoms with Crippen LogP contribution in [-0.2, 0) is 9.53 Å². The van der Waals surface area contributed by atoms with Crippen molar-refractivity contribution >= 4 is 5.78 Å². The number of rotatable bonds is 8. The minimum Gasteiger partial charge on any atom is -0.380 e. The van der Waals surface area contributed by atoms with Crippen LogP contribution >= 0.6 is 0 Å². The highest BCUT2D eigenvalue weighted by Gasteiger charge is 1.94. The van der Waals surface area contributed by atoms with Crippen molar-refractivity contribution in [3.05, 3.63) is 0 Å². The second-order valence-electron chi connectivity index (χ2n) is 3.66. The predicted octanol–water partition coefficient (Wildman–Crippen LogP) is 1.23. The van der Waals surface area contributed by atoms with E-state index in [1.54, 1.807) is 6.92 Å². The Labute approximate surface area is 80.8 Å². The molecule has 0 aliphatic heterocycles. The van der Waals surface area contributed by atoms with E-state index >= 15 is 0 Å². The van der Waals surface area contributed by atoms with Gasteiger partial charge in [-0.25, -0.2) is 0 Å². The van der Waals surface area contributed by atoms with Gasteiger partial charge in [-0.3, -0.25) is 4.79 Å². The van der Waals surface area contributed by atoms with Crippen molar-refractivity contribution in [2.45, 2.75) is 27.2 Å². The smallest absolute Gasteiger partial charge is 0.132 e. The average molecular weight is 187 g/mol. The molecule has 0 radical (unpaired) electrons. The molecule has 13 heavy (non-hydrogen) atoms. The van der Waals surface area contributed by atoms with Crippen LogP contribution in [0.15, 0.2) is 0 Å². The molecule has 0 atom stereocenters. The SMILES string of the molecule is CC(=O)CCOCCNCC(C)C. The maximum absolute atomic E-state index is 10.5. The molecule has 0 rings (SSSR count). The number of Topliss-reactive ketones (excluding diaryl/α,β-unsaturated/α-hetero) is 1. The Bertz CT molecular complexity index is 135. The standard InChI is InChI=1S/C10H21NO2/c1-9(2)8-11-5-7-13-6-4-10(3)12/h9,11H,4-8H2,1-3H3. The summed E-state index contributed by atoms with van der Waals surface area (Å²) in [5.41, 5.74) is 0. The summed E-state index contributed by atoms with van der Waals surface area (Å²) in [6.07, 6.45) is 0.532. The van der Waals surface area contributed by atoms with E-state index in [1.807, 2.05) is 0 Å². The first-order valence-corrected chi connectivity index (χ1v) is 4.91. The number of nitrogens with one attached hydrogen (secondary N) is 1. The maximum Gasteiger partial charge on any atom is 0.132 e. The molecule has 78 valence electrons. The molecule has 3 heteroatoms. The summed E-state index contributed by atoms with van der Waals surface area (Å²) in [6.45, 7) is 9.07. The van der Waals surface area contributed by atoms with E-state index in [-0.39, 0.29) is 5.78 Å². The second kappa shape index (κ2) is 8.20. The molecule has 3 nitrogen and oxygen atoms in total. The Kier molecular flexibility index (Phi) is 7.94. The monoisotopic (exact) mass is 187 g/mol. The van der Waals surface area contributed by atoms with Gasteiger partial charge in [0, 0.05) is 13.0 Å². The molecular formula is C10H21NO2. The van der Waals surface area contributed by atoms with Gasteiger partial charge in [-0.05, 0) is 19.4 Å². The van der Waals surface area contributed by atoms with Crippen LogP contribution in [0.25, 0.3) is 0 Å². The van der Waals surface area contributed by atoms with Crippen molar-refractivity contribution in [2.75, 3.05) is 26.3 Å². The number of ether oxygens (including phenoxy) is 1. The van der Waals surface area contributed by atoms with Gasteiger partial charge < -0.3 is 10.1 Å². The molecule has 0 aromatic rings. The lowest BCUT2D eigenvalue weighted by molar-refractivity contribution is -0.118. The van der Waals surface area contributed by atoms with Crippen LogP contribution in [-0.4, -0.2) is 32.1 Å². The van der Waals surface area contributed by atoms with Crippen molar-refractivity contribution in [3.8, 4) is 0 Å². The second-order valence-corrected chi connectivity index (χ2v) is 3.66. The molecule has 0 aliphatic rings. The first-order chi connectivity index (χ1) is 6.13. The summed E-state index contributed by atoms with van der Waals surface area (Å²) >= 11 is 0. The van der Waals surface area contributed by atoms with Gasteiger partial charge >= 0.3 is 0 Å². The van der Waals surface area contributed by atoms with E-state index in [0.29, 0.717) is 25.6 Å². The van der Waals surface area contributed by atoms with Gasteiger partial charge in [0.2, 0.25) is 0 Å². The molecule has 0 fully saturated rings. The van der Waals surface area contributed by atoms with Crippen molar-refractivity contribution < 1.29 is 9.53 Å². The minimum absolute atomic E-state index is 0.190. The third-order valence-corrected chi connectivity index (χ3v) is 1.57. The number of hydrogen-bond acceptors (Lipinski definition) is 3. The van der Waals surface area contributed by atoms with Crippen molar-refractivity contribution in [1.82, 2.24) is 5.32 Å². The lowest BCUT2D eigenvalue weighted by Crippen LogP contribution is -2.24. The molecule has 0 saturated carbocycles. The Morgan fingerprint density at radius 3 is 2.62 bits per heavy atom. The third kappa shape index (κ3) is 11.6. The van der Waals surface area contributed by atoms with Gasteiger partial charge in [-0.2, -0.15) is 0 Å². The topological polar surface area (TPSA) is 38.3 Å². The highest BCUT2D eigenvalue weighted by molar-refractivity contribution is 5.75. The van der Waals surface area contributed by atoms with E-state index in [4.69, 9.17) is 4.74 Å². The molecule has 0 unspecified atom stereocenters. The van der Waals surface area contributed by atoms with Crippen LogP contribution in [0.3, 0.4) is 0 Å². The number of hydrogen-bond donors (Lipinski definition) is 1. The molecular weight excluding hydrogens is 166 g/mol. The normalized spacial score (nSPS) is 10.8. The zero-order valence-corrected chi connectivity index (χ0v) is 8.93. The summed E-state index contributed by atoms with van der Waals surface area (Å²) in [7, 11) is 0. The number of carbonyl (C=O) groups is 1. The molecule has 0 bridgehead atoms. The van der Waals surface area contributed by atoms with Crippen molar-refractivity contribution in [2.24, 2.45) is 5.92 Å². The van der Waals surface area contributed by atoms with Crippen LogP contribution < -0.4 is 5.32 Å². The molecule has 0 heterocycles. The summed E-state index contributed by atoms with van der Waals surface area (Å²) < 4.78 is 5.24. The molecule has 1 N–H and O–H groups in total. The van der Waals surface area contributed by atoms with Gasteiger partial charge in [-0.15, -0.1) is 0 Å². The van der Waals surface area contributed by atoms with Crippen LogP contribution in [0, 0.1) is 5.92 Å². The van der Waals surface area contributed by atoms with Crippen LogP contribution in [0.2, 0.25) is 0 Å². The highest BCUT2D eigenvalue weighted by atomic mass is 16.5. The first-order valence-electron chi connectivity index (χ1n) is 4.91. The Hall–Kier alpha value is -0.410. The lowest BCUT2D eigenvalue weighted by Gasteiger charge is -2.07. The predicted molar refractivity (Wildman–Crippen MR) is 53.8 cm³/mol. The van der Waals surface area contributed by atoms with E-state index in [2.05, 4.69) is 19.2 Å². The number of carbonyl (C=O) groups excluding carboxylic acids is 1. The van der Waals surface area contributed by atoms with Gasteiger partial charge in [0.25, 0.3) is 0 Å².